The van der Waals surface area contributed by atoms with E-state index in [0.29, 0.717) is 22.9 Å². The Labute approximate surface area is 122 Å². The van der Waals surface area contributed by atoms with Gasteiger partial charge in [0, 0.05) is 22.2 Å². The van der Waals surface area contributed by atoms with Crippen LogP contribution in [0.3, 0.4) is 0 Å². The Balaban J connectivity index is 1.86. The Morgan fingerprint density at radius 1 is 1.00 bits per heavy atom. The zero-order valence-corrected chi connectivity index (χ0v) is 11.7. The lowest BCUT2D eigenvalue weighted by Gasteiger charge is -2.05. The Bertz CT molecular complexity index is 567. The van der Waals surface area contributed by atoms with E-state index in [1.807, 2.05) is 24.3 Å². The molecule has 0 aromatic heterocycles. The van der Waals surface area contributed by atoms with Gasteiger partial charge in [-0.25, -0.2) is 0 Å². The highest BCUT2D eigenvalue weighted by molar-refractivity contribution is 6.30. The summed E-state index contributed by atoms with van der Waals surface area (Å²) in [5, 5.41) is 4.16. The molecule has 2 nitrogen and oxygen atoms in total. The van der Waals surface area contributed by atoms with E-state index in [4.69, 9.17) is 23.2 Å². The molecule has 0 radical (unpaired) electrons. The molecule has 0 aliphatic rings. The molecule has 4 heteroatoms. The van der Waals surface area contributed by atoms with Crippen molar-refractivity contribution in [1.82, 2.24) is 0 Å². The number of aryl methyl sites for hydroxylation is 1. The summed E-state index contributed by atoms with van der Waals surface area (Å²) in [5.74, 6) is -0.0257. The fourth-order valence-corrected chi connectivity index (χ4v) is 2.05. The van der Waals surface area contributed by atoms with Crippen LogP contribution < -0.4 is 5.32 Å². The molecular weight excluding hydrogens is 281 g/mol. The maximum atomic E-state index is 11.8. The monoisotopic (exact) mass is 293 g/mol. The van der Waals surface area contributed by atoms with E-state index in [-0.39, 0.29) is 5.91 Å². The summed E-state index contributed by atoms with van der Waals surface area (Å²) >= 11 is 11.7. The molecule has 0 spiro atoms. The van der Waals surface area contributed by atoms with Crippen molar-refractivity contribution in [3.63, 3.8) is 0 Å². The zero-order chi connectivity index (χ0) is 13.7. The lowest BCUT2D eigenvalue weighted by molar-refractivity contribution is -0.116. The predicted octanol–water partition coefficient (Wildman–Crippen LogP) is 4.56. The van der Waals surface area contributed by atoms with Gasteiger partial charge in [0.15, 0.2) is 0 Å². The van der Waals surface area contributed by atoms with Gasteiger partial charge in [0.25, 0.3) is 0 Å². The first kappa shape index (κ1) is 13.9. The number of rotatable bonds is 4. The van der Waals surface area contributed by atoms with Crippen molar-refractivity contribution in [2.75, 3.05) is 5.32 Å². The maximum Gasteiger partial charge on any atom is 0.224 e. The first-order valence-corrected chi connectivity index (χ1v) is 6.69. The van der Waals surface area contributed by atoms with Crippen molar-refractivity contribution < 1.29 is 4.79 Å². The first-order chi connectivity index (χ1) is 9.13. The first-order valence-electron chi connectivity index (χ1n) is 5.93. The van der Waals surface area contributed by atoms with Crippen molar-refractivity contribution in [2.24, 2.45) is 0 Å². The SMILES string of the molecule is O=C(CCc1cccc(Cl)c1)Nc1ccc(Cl)cc1. The minimum absolute atomic E-state index is 0.0257. The normalized spacial score (nSPS) is 10.2. The maximum absolute atomic E-state index is 11.8. The summed E-state index contributed by atoms with van der Waals surface area (Å²) in [6, 6.07) is 14.6. The second-order valence-corrected chi connectivity index (χ2v) is 5.06. The summed E-state index contributed by atoms with van der Waals surface area (Å²) in [4.78, 5) is 11.8. The largest absolute Gasteiger partial charge is 0.326 e. The van der Waals surface area contributed by atoms with Gasteiger partial charge in [-0.2, -0.15) is 0 Å². The molecule has 98 valence electrons. The van der Waals surface area contributed by atoms with E-state index >= 15 is 0 Å². The van der Waals surface area contributed by atoms with Gasteiger partial charge in [-0.05, 0) is 48.4 Å². The summed E-state index contributed by atoms with van der Waals surface area (Å²) in [6.45, 7) is 0. The van der Waals surface area contributed by atoms with Crippen molar-refractivity contribution >= 4 is 34.8 Å². The van der Waals surface area contributed by atoms with Crippen LogP contribution in [-0.4, -0.2) is 5.91 Å². The number of benzene rings is 2. The van der Waals surface area contributed by atoms with Crippen molar-refractivity contribution in [2.45, 2.75) is 12.8 Å². The van der Waals surface area contributed by atoms with E-state index < -0.39 is 0 Å². The molecule has 0 bridgehead atoms. The third-order valence-corrected chi connectivity index (χ3v) is 3.14. The van der Waals surface area contributed by atoms with Crippen LogP contribution in [-0.2, 0) is 11.2 Å². The zero-order valence-electron chi connectivity index (χ0n) is 10.2. The van der Waals surface area contributed by atoms with Gasteiger partial charge in [0.1, 0.15) is 0 Å². The van der Waals surface area contributed by atoms with Crippen LogP contribution in [0.15, 0.2) is 48.5 Å². The van der Waals surface area contributed by atoms with Crippen LogP contribution in [0.5, 0.6) is 0 Å². The highest BCUT2D eigenvalue weighted by atomic mass is 35.5. The highest BCUT2D eigenvalue weighted by Crippen LogP contribution is 2.15. The topological polar surface area (TPSA) is 29.1 Å². The minimum atomic E-state index is -0.0257. The summed E-state index contributed by atoms with van der Waals surface area (Å²) in [7, 11) is 0. The Morgan fingerprint density at radius 2 is 1.74 bits per heavy atom. The molecule has 0 aliphatic heterocycles. The molecule has 0 heterocycles. The Kier molecular flexibility index (Phi) is 4.83. The molecule has 0 unspecified atom stereocenters. The number of hydrogen-bond donors (Lipinski definition) is 1. The molecule has 0 saturated heterocycles. The number of hydrogen-bond acceptors (Lipinski definition) is 1. The lowest BCUT2D eigenvalue weighted by atomic mass is 10.1. The van der Waals surface area contributed by atoms with Gasteiger partial charge in [0.05, 0.1) is 0 Å². The second-order valence-electron chi connectivity index (χ2n) is 4.18. The van der Waals surface area contributed by atoms with E-state index in [2.05, 4.69) is 5.32 Å². The fraction of sp³-hybridized carbons (Fsp3) is 0.133. The summed E-state index contributed by atoms with van der Waals surface area (Å²) in [6.07, 6.45) is 1.09. The third kappa shape index (κ3) is 4.58. The van der Waals surface area contributed by atoms with Gasteiger partial charge >= 0.3 is 0 Å². The highest BCUT2D eigenvalue weighted by Gasteiger charge is 2.03. The number of anilines is 1. The van der Waals surface area contributed by atoms with Gasteiger partial charge in [-0.1, -0.05) is 35.3 Å². The molecule has 2 aromatic carbocycles. The van der Waals surface area contributed by atoms with Crippen LogP contribution in [0.2, 0.25) is 10.0 Å². The quantitative estimate of drug-likeness (QED) is 0.879. The summed E-state index contributed by atoms with van der Waals surface area (Å²) < 4.78 is 0. The smallest absolute Gasteiger partial charge is 0.224 e. The van der Waals surface area contributed by atoms with E-state index in [1.165, 1.54) is 0 Å². The Hall–Kier alpha value is -1.51. The van der Waals surface area contributed by atoms with E-state index in [0.717, 1.165) is 11.3 Å². The van der Waals surface area contributed by atoms with E-state index in [9.17, 15) is 4.79 Å². The van der Waals surface area contributed by atoms with Crippen LogP contribution in [0.25, 0.3) is 0 Å². The predicted molar refractivity (Wildman–Crippen MR) is 79.9 cm³/mol. The molecule has 0 saturated carbocycles. The molecule has 0 aliphatic carbocycles. The average Bonchev–Trinajstić information content (AvgIpc) is 2.39. The van der Waals surface area contributed by atoms with E-state index in [1.54, 1.807) is 24.3 Å². The van der Waals surface area contributed by atoms with Crippen LogP contribution in [0, 0.1) is 0 Å². The number of amides is 1. The van der Waals surface area contributed by atoms with Gasteiger partial charge in [0.2, 0.25) is 5.91 Å². The van der Waals surface area contributed by atoms with Crippen molar-refractivity contribution in [3.8, 4) is 0 Å². The molecule has 1 N–H and O–H groups in total. The second kappa shape index (κ2) is 6.60. The van der Waals surface area contributed by atoms with Crippen LogP contribution in [0.4, 0.5) is 5.69 Å². The standard InChI is InChI=1S/C15H13Cl2NO/c16-12-5-7-14(8-6-12)18-15(19)9-4-11-2-1-3-13(17)10-11/h1-3,5-8,10H,4,9H2,(H,18,19). The van der Waals surface area contributed by atoms with Crippen molar-refractivity contribution in [1.29, 1.82) is 0 Å². The molecule has 0 atom stereocenters. The molecule has 0 fully saturated rings. The van der Waals surface area contributed by atoms with Gasteiger partial charge < -0.3 is 5.32 Å². The van der Waals surface area contributed by atoms with Crippen LogP contribution in [0.1, 0.15) is 12.0 Å². The Morgan fingerprint density at radius 3 is 2.42 bits per heavy atom. The van der Waals surface area contributed by atoms with Gasteiger partial charge in [-0.15, -0.1) is 0 Å². The number of nitrogens with one attached hydrogen (secondary N) is 1. The van der Waals surface area contributed by atoms with Crippen molar-refractivity contribution in [3.05, 3.63) is 64.1 Å². The van der Waals surface area contributed by atoms with Crippen LogP contribution >= 0.6 is 23.2 Å². The molecule has 19 heavy (non-hydrogen) atoms. The molecule has 2 rings (SSSR count). The number of carbonyl (C=O) groups excluding carboxylic acids is 1. The average molecular weight is 294 g/mol. The third-order valence-electron chi connectivity index (χ3n) is 2.66. The van der Waals surface area contributed by atoms with Gasteiger partial charge in [-0.3, -0.25) is 4.79 Å². The summed E-state index contributed by atoms with van der Waals surface area (Å²) in [5.41, 5.74) is 1.80. The number of halogens is 2. The molecule has 1 amide bonds. The molecule has 2 aromatic rings. The minimum Gasteiger partial charge on any atom is -0.326 e. The fourth-order valence-electron chi connectivity index (χ4n) is 1.71. The lowest BCUT2D eigenvalue weighted by Crippen LogP contribution is -2.12. The number of carbonyl (C=O) groups is 1. The molecular formula is C15H13Cl2NO.